The third-order valence-electron chi connectivity index (χ3n) is 7.59. The molecule has 0 bridgehead atoms. The van der Waals surface area contributed by atoms with E-state index in [-0.39, 0.29) is 11.4 Å². The SMILES string of the molecule is CSC1Nc2cc(S(C)(=O)=O)ccc2N1C1CCN(C(=O)C2CCN(Cc3ccnnc3)CC2)CC1. The molecule has 1 unspecified atom stereocenters. The monoisotopic (exact) mass is 530 g/mol. The Bertz CT molecular complexity index is 1180. The van der Waals surface area contributed by atoms with Gasteiger partial charge in [-0.15, -0.1) is 11.8 Å². The van der Waals surface area contributed by atoms with Gasteiger partial charge in [-0.1, -0.05) is 0 Å². The number of amides is 1. The van der Waals surface area contributed by atoms with Crippen molar-refractivity contribution in [2.75, 3.05) is 48.9 Å². The Balaban J connectivity index is 1.16. The third-order valence-corrected chi connectivity index (χ3v) is 9.49. The van der Waals surface area contributed by atoms with E-state index in [9.17, 15) is 13.2 Å². The van der Waals surface area contributed by atoms with Gasteiger partial charge in [-0.05, 0) is 74.9 Å². The first-order valence-electron chi connectivity index (χ1n) is 12.5. The predicted octanol–water partition coefficient (Wildman–Crippen LogP) is 2.66. The first-order valence-corrected chi connectivity index (χ1v) is 15.7. The predicted molar refractivity (Wildman–Crippen MR) is 143 cm³/mol. The third kappa shape index (κ3) is 5.33. The zero-order valence-corrected chi connectivity index (χ0v) is 22.5. The minimum Gasteiger partial charge on any atom is -0.355 e. The summed E-state index contributed by atoms with van der Waals surface area (Å²) >= 11 is 1.71. The van der Waals surface area contributed by atoms with Gasteiger partial charge in [0.15, 0.2) is 9.84 Å². The van der Waals surface area contributed by atoms with Crippen LogP contribution in [-0.4, -0.2) is 84.6 Å². The van der Waals surface area contributed by atoms with Crippen molar-refractivity contribution >= 4 is 38.9 Å². The minimum atomic E-state index is -3.26. The van der Waals surface area contributed by atoms with E-state index in [1.165, 1.54) is 6.26 Å². The number of rotatable bonds is 6. The molecule has 5 rings (SSSR count). The van der Waals surface area contributed by atoms with Crippen LogP contribution in [0.3, 0.4) is 0 Å². The normalized spacial score (nSPS) is 21.9. The number of sulfone groups is 1. The van der Waals surface area contributed by atoms with Gasteiger partial charge in [-0.3, -0.25) is 9.69 Å². The highest BCUT2D eigenvalue weighted by Gasteiger charge is 2.37. The smallest absolute Gasteiger partial charge is 0.225 e. The molecule has 194 valence electrons. The van der Waals surface area contributed by atoms with Crippen molar-refractivity contribution in [1.82, 2.24) is 20.0 Å². The van der Waals surface area contributed by atoms with Crippen molar-refractivity contribution in [3.63, 3.8) is 0 Å². The lowest BCUT2D eigenvalue weighted by Gasteiger charge is -2.41. The number of aromatic nitrogens is 2. The molecular weight excluding hydrogens is 496 g/mol. The van der Waals surface area contributed by atoms with Crippen LogP contribution in [0.25, 0.3) is 0 Å². The zero-order chi connectivity index (χ0) is 25.3. The van der Waals surface area contributed by atoms with Crippen molar-refractivity contribution in [2.45, 2.75) is 48.7 Å². The summed E-state index contributed by atoms with van der Waals surface area (Å²) in [7, 11) is -3.26. The van der Waals surface area contributed by atoms with Crippen LogP contribution in [0, 0.1) is 5.92 Å². The van der Waals surface area contributed by atoms with E-state index in [4.69, 9.17) is 0 Å². The van der Waals surface area contributed by atoms with E-state index in [2.05, 4.69) is 36.5 Å². The van der Waals surface area contributed by atoms with E-state index < -0.39 is 9.84 Å². The molecular formula is C25H34N6O3S2. The van der Waals surface area contributed by atoms with Crippen molar-refractivity contribution in [3.8, 4) is 0 Å². The molecule has 0 spiro atoms. The summed E-state index contributed by atoms with van der Waals surface area (Å²) in [4.78, 5) is 20.5. The lowest BCUT2D eigenvalue weighted by Crippen LogP contribution is -2.51. The van der Waals surface area contributed by atoms with Crippen molar-refractivity contribution in [1.29, 1.82) is 0 Å². The molecule has 1 amide bonds. The Morgan fingerprint density at radius 1 is 1.08 bits per heavy atom. The van der Waals surface area contributed by atoms with Crippen molar-refractivity contribution in [3.05, 3.63) is 42.2 Å². The topological polar surface area (TPSA) is 98.7 Å². The number of anilines is 2. The van der Waals surface area contributed by atoms with Gasteiger partial charge in [0.1, 0.15) is 5.50 Å². The van der Waals surface area contributed by atoms with Crippen LogP contribution in [0.4, 0.5) is 11.4 Å². The second-order valence-electron chi connectivity index (χ2n) is 9.95. The van der Waals surface area contributed by atoms with Gasteiger partial charge < -0.3 is 15.1 Å². The fourth-order valence-electron chi connectivity index (χ4n) is 5.61. The summed E-state index contributed by atoms with van der Waals surface area (Å²) in [6, 6.07) is 7.66. The largest absolute Gasteiger partial charge is 0.355 e. The summed E-state index contributed by atoms with van der Waals surface area (Å²) in [5.74, 6) is 0.411. The number of nitrogens with zero attached hydrogens (tertiary/aromatic N) is 5. The van der Waals surface area contributed by atoms with Crippen LogP contribution in [0.2, 0.25) is 0 Å². The molecule has 1 atom stereocenters. The van der Waals surface area contributed by atoms with Gasteiger partial charge in [0.2, 0.25) is 5.91 Å². The van der Waals surface area contributed by atoms with Crippen LogP contribution in [0.15, 0.2) is 41.6 Å². The van der Waals surface area contributed by atoms with Gasteiger partial charge in [-0.25, -0.2) is 8.42 Å². The quantitative estimate of drug-likeness (QED) is 0.604. The summed E-state index contributed by atoms with van der Waals surface area (Å²) in [6.07, 6.45) is 10.4. The van der Waals surface area contributed by atoms with Crippen LogP contribution in [0.5, 0.6) is 0 Å². The van der Waals surface area contributed by atoms with Crippen molar-refractivity contribution < 1.29 is 13.2 Å². The van der Waals surface area contributed by atoms with Gasteiger partial charge in [0, 0.05) is 44.0 Å². The van der Waals surface area contributed by atoms with E-state index in [1.54, 1.807) is 30.1 Å². The molecule has 1 aromatic carbocycles. The number of benzene rings is 1. The Morgan fingerprint density at radius 2 is 1.83 bits per heavy atom. The maximum absolute atomic E-state index is 13.3. The fourth-order valence-corrected chi connectivity index (χ4v) is 7.01. The lowest BCUT2D eigenvalue weighted by molar-refractivity contribution is -0.138. The highest BCUT2D eigenvalue weighted by molar-refractivity contribution is 7.99. The minimum absolute atomic E-state index is 0.0574. The molecule has 0 aliphatic carbocycles. The highest BCUT2D eigenvalue weighted by Crippen LogP contribution is 2.42. The molecule has 0 saturated carbocycles. The number of nitrogens with one attached hydrogen (secondary N) is 1. The van der Waals surface area contributed by atoms with Gasteiger partial charge >= 0.3 is 0 Å². The van der Waals surface area contributed by atoms with Gasteiger partial charge in [-0.2, -0.15) is 10.2 Å². The summed E-state index contributed by atoms with van der Waals surface area (Å²) in [5.41, 5.74) is 3.13. The zero-order valence-electron chi connectivity index (χ0n) is 20.8. The molecule has 3 aliphatic heterocycles. The molecule has 0 radical (unpaired) electrons. The number of fused-ring (bicyclic) bond motifs is 1. The Morgan fingerprint density at radius 3 is 2.47 bits per heavy atom. The summed E-state index contributed by atoms with van der Waals surface area (Å²) < 4.78 is 24.0. The molecule has 3 aliphatic rings. The molecule has 2 saturated heterocycles. The fraction of sp³-hybridized carbons (Fsp3) is 0.560. The number of piperidine rings is 2. The molecule has 4 heterocycles. The van der Waals surface area contributed by atoms with E-state index in [0.717, 1.165) is 75.3 Å². The van der Waals surface area contributed by atoms with Gasteiger partial charge in [0.05, 0.1) is 22.5 Å². The van der Waals surface area contributed by atoms with Crippen LogP contribution in [-0.2, 0) is 21.2 Å². The number of carbonyl (C=O) groups excluding carboxylic acids is 1. The van der Waals surface area contributed by atoms with E-state index in [0.29, 0.717) is 16.8 Å². The number of hydrogen-bond acceptors (Lipinski definition) is 9. The molecule has 2 aromatic rings. The Labute approximate surface area is 217 Å². The molecule has 1 N–H and O–H groups in total. The van der Waals surface area contributed by atoms with Crippen molar-refractivity contribution in [2.24, 2.45) is 5.92 Å². The Kier molecular flexibility index (Phi) is 7.41. The van der Waals surface area contributed by atoms with Crippen LogP contribution < -0.4 is 10.2 Å². The molecule has 1 aromatic heterocycles. The molecule has 9 nitrogen and oxygen atoms in total. The average molecular weight is 531 g/mol. The van der Waals surface area contributed by atoms with Gasteiger partial charge in [0.25, 0.3) is 0 Å². The lowest BCUT2D eigenvalue weighted by atomic mass is 9.93. The number of hydrogen-bond donors (Lipinski definition) is 1. The maximum atomic E-state index is 13.3. The van der Waals surface area contributed by atoms with E-state index >= 15 is 0 Å². The second kappa shape index (κ2) is 10.5. The molecule has 36 heavy (non-hydrogen) atoms. The summed E-state index contributed by atoms with van der Waals surface area (Å²) in [6.45, 7) is 4.24. The summed E-state index contributed by atoms with van der Waals surface area (Å²) in [5, 5.41) is 11.3. The Hall–Kier alpha value is -2.37. The molecule has 11 heteroatoms. The number of carbonyl (C=O) groups is 1. The number of likely N-dealkylation sites (tertiary alicyclic amines) is 2. The number of thioether (sulfide) groups is 1. The van der Waals surface area contributed by atoms with Crippen LogP contribution >= 0.6 is 11.8 Å². The average Bonchev–Trinajstić information content (AvgIpc) is 3.27. The standard InChI is InChI=1S/C25H34N6O3S2/c1-35-25-28-22-15-21(36(2,33)34)3-4-23(22)31(25)20-8-13-30(14-9-20)24(32)19-6-11-29(12-7-19)17-18-5-10-26-27-16-18/h3-5,10,15-16,19-20,25,28H,6-9,11-14,17H2,1-2H3. The highest BCUT2D eigenvalue weighted by atomic mass is 32.2. The second-order valence-corrected chi connectivity index (χ2v) is 12.9. The van der Waals surface area contributed by atoms with Crippen LogP contribution in [0.1, 0.15) is 31.2 Å². The van der Waals surface area contributed by atoms with E-state index in [1.807, 2.05) is 18.3 Å². The first-order chi connectivity index (χ1) is 17.3. The first kappa shape index (κ1) is 25.3. The molecule has 2 fully saturated rings. The maximum Gasteiger partial charge on any atom is 0.225 e.